The Balaban J connectivity index is 0.000000858. The van der Waals surface area contributed by atoms with Crippen LogP contribution in [0.25, 0.3) is 22.2 Å². The van der Waals surface area contributed by atoms with Gasteiger partial charge in [0, 0.05) is 30.1 Å². The van der Waals surface area contributed by atoms with Gasteiger partial charge in [-0.3, -0.25) is 19.7 Å². The number of carbonyl (C=O) groups is 2. The van der Waals surface area contributed by atoms with E-state index in [1.807, 2.05) is 37.3 Å². The number of benzene rings is 1. The summed E-state index contributed by atoms with van der Waals surface area (Å²) in [5, 5.41) is 17.1. The summed E-state index contributed by atoms with van der Waals surface area (Å²) in [5.74, 6) is -0.565. The molecule has 1 aliphatic heterocycles. The van der Waals surface area contributed by atoms with Gasteiger partial charge in [-0.05, 0) is 44.0 Å². The first kappa shape index (κ1) is 22.4. The predicted octanol–water partition coefficient (Wildman–Crippen LogP) is 3.53. The van der Waals surface area contributed by atoms with E-state index in [0.29, 0.717) is 12.0 Å². The fourth-order valence-electron chi connectivity index (χ4n) is 3.78. The van der Waals surface area contributed by atoms with Crippen molar-refractivity contribution in [1.82, 2.24) is 20.1 Å². The predicted molar refractivity (Wildman–Crippen MR) is 116 cm³/mol. The van der Waals surface area contributed by atoms with E-state index in [4.69, 9.17) is 9.90 Å². The van der Waals surface area contributed by atoms with Crippen LogP contribution in [0, 0.1) is 11.7 Å². The topological polar surface area (TPSA) is 111 Å². The summed E-state index contributed by atoms with van der Waals surface area (Å²) in [6.07, 6.45) is 4.39. The SMILES string of the molecule is CC(CC(=O)Nc1[nH]nc(-c2cnc3ccccc3c2)c1F)CN1CCCC1.O=CO. The van der Waals surface area contributed by atoms with Crippen LogP contribution in [0.2, 0.25) is 0 Å². The maximum atomic E-state index is 14.8. The summed E-state index contributed by atoms with van der Waals surface area (Å²) in [7, 11) is 0. The van der Waals surface area contributed by atoms with Crippen molar-refractivity contribution >= 4 is 29.1 Å². The van der Waals surface area contributed by atoms with Crippen molar-refractivity contribution in [3.05, 3.63) is 42.3 Å². The van der Waals surface area contributed by atoms with Crippen molar-refractivity contribution in [2.45, 2.75) is 26.2 Å². The van der Waals surface area contributed by atoms with Gasteiger partial charge in [0.25, 0.3) is 6.47 Å². The molecular weight excluding hydrogens is 401 g/mol. The number of carboxylic acid groups (broad SMARTS) is 1. The number of likely N-dealkylation sites (tertiary alicyclic amines) is 1. The van der Waals surface area contributed by atoms with Gasteiger partial charge in [0.1, 0.15) is 5.69 Å². The molecule has 1 aliphatic rings. The summed E-state index contributed by atoms with van der Waals surface area (Å²) in [5.41, 5.74) is 1.55. The molecule has 1 aromatic carbocycles. The lowest BCUT2D eigenvalue weighted by Gasteiger charge is -2.19. The number of halogens is 1. The third-order valence-corrected chi connectivity index (χ3v) is 5.14. The Labute approximate surface area is 179 Å². The summed E-state index contributed by atoms with van der Waals surface area (Å²) in [6, 6.07) is 9.47. The zero-order chi connectivity index (χ0) is 22.2. The molecule has 0 bridgehead atoms. The van der Waals surface area contributed by atoms with Crippen LogP contribution < -0.4 is 5.32 Å². The standard InChI is InChI=1S/C21H24FN5O.CH2O2/c1-14(13-27-8-4-5-9-27)10-18(28)24-21-19(22)20(25-26-21)16-11-15-6-2-3-7-17(15)23-12-16;2-1-3/h2-3,6-7,11-12,14H,4-5,8-10,13H2,1H3,(H2,24,25,26,28);1H,(H,2,3). The molecule has 31 heavy (non-hydrogen) atoms. The van der Waals surface area contributed by atoms with Crippen molar-refractivity contribution in [2.24, 2.45) is 5.92 Å². The van der Waals surface area contributed by atoms with Gasteiger partial charge in [0.2, 0.25) is 5.91 Å². The maximum Gasteiger partial charge on any atom is 0.290 e. The minimum absolute atomic E-state index is 0.00142. The molecule has 1 saturated heterocycles. The molecule has 0 saturated carbocycles. The highest BCUT2D eigenvalue weighted by atomic mass is 19.1. The zero-order valence-corrected chi connectivity index (χ0v) is 17.3. The molecule has 0 spiro atoms. The number of pyridine rings is 1. The number of nitrogens with zero attached hydrogens (tertiary/aromatic N) is 3. The van der Waals surface area contributed by atoms with Crippen LogP contribution >= 0.6 is 0 Å². The molecular formula is C22H26FN5O3. The fraction of sp³-hybridized carbons (Fsp3) is 0.364. The van der Waals surface area contributed by atoms with E-state index in [9.17, 15) is 9.18 Å². The number of para-hydroxylation sites is 1. The number of fused-ring (bicyclic) bond motifs is 1. The summed E-state index contributed by atoms with van der Waals surface area (Å²) in [4.78, 5) is 27.4. The largest absolute Gasteiger partial charge is 0.483 e. The second kappa shape index (κ2) is 10.6. The Hall–Kier alpha value is -3.33. The van der Waals surface area contributed by atoms with Crippen LogP contribution in [0.3, 0.4) is 0 Å². The lowest BCUT2D eigenvalue weighted by atomic mass is 10.1. The first-order valence-electron chi connectivity index (χ1n) is 10.2. The Morgan fingerprint density at radius 3 is 2.81 bits per heavy atom. The lowest BCUT2D eigenvalue weighted by molar-refractivity contribution is -0.123. The van der Waals surface area contributed by atoms with Gasteiger partial charge in [-0.25, -0.2) is 4.39 Å². The quantitative estimate of drug-likeness (QED) is 0.519. The van der Waals surface area contributed by atoms with Gasteiger partial charge in [-0.1, -0.05) is 25.1 Å². The van der Waals surface area contributed by atoms with Gasteiger partial charge in [0.05, 0.1) is 5.52 Å². The smallest absolute Gasteiger partial charge is 0.290 e. The van der Waals surface area contributed by atoms with E-state index in [-0.39, 0.29) is 29.8 Å². The number of anilines is 1. The molecule has 9 heteroatoms. The van der Waals surface area contributed by atoms with Crippen LogP contribution in [0.4, 0.5) is 10.2 Å². The molecule has 1 unspecified atom stereocenters. The normalized spacial score (nSPS) is 14.6. The van der Waals surface area contributed by atoms with Crippen molar-refractivity contribution < 1.29 is 19.1 Å². The molecule has 1 atom stereocenters. The maximum absolute atomic E-state index is 14.8. The Morgan fingerprint density at radius 2 is 2.06 bits per heavy atom. The fourth-order valence-corrected chi connectivity index (χ4v) is 3.78. The van der Waals surface area contributed by atoms with Crippen LogP contribution in [-0.4, -0.2) is 57.2 Å². The average molecular weight is 427 g/mol. The molecule has 1 amide bonds. The number of nitrogens with one attached hydrogen (secondary N) is 2. The number of rotatable bonds is 6. The molecule has 0 aliphatic carbocycles. The molecule has 3 N–H and O–H groups in total. The number of carbonyl (C=O) groups excluding carboxylic acids is 1. The van der Waals surface area contributed by atoms with Gasteiger partial charge in [-0.15, -0.1) is 0 Å². The minimum Gasteiger partial charge on any atom is -0.483 e. The molecule has 8 nitrogen and oxygen atoms in total. The number of amides is 1. The molecule has 3 aromatic rings. The molecule has 164 valence electrons. The Kier molecular flexibility index (Phi) is 7.66. The highest BCUT2D eigenvalue weighted by Crippen LogP contribution is 2.27. The highest BCUT2D eigenvalue weighted by molar-refractivity contribution is 5.91. The second-order valence-corrected chi connectivity index (χ2v) is 7.65. The van der Waals surface area contributed by atoms with E-state index in [1.165, 1.54) is 12.8 Å². The van der Waals surface area contributed by atoms with Gasteiger partial charge < -0.3 is 15.3 Å². The molecule has 4 rings (SSSR count). The van der Waals surface area contributed by atoms with Crippen LogP contribution in [0.15, 0.2) is 36.5 Å². The van der Waals surface area contributed by atoms with E-state index >= 15 is 0 Å². The van der Waals surface area contributed by atoms with Crippen molar-refractivity contribution in [3.63, 3.8) is 0 Å². The molecule has 2 aromatic heterocycles. The van der Waals surface area contributed by atoms with Crippen LogP contribution in [0.5, 0.6) is 0 Å². The van der Waals surface area contributed by atoms with Gasteiger partial charge >= 0.3 is 0 Å². The number of aromatic amines is 1. The summed E-state index contributed by atoms with van der Waals surface area (Å²) < 4.78 is 14.8. The van der Waals surface area contributed by atoms with Crippen molar-refractivity contribution in [1.29, 1.82) is 0 Å². The third-order valence-electron chi connectivity index (χ3n) is 5.14. The highest BCUT2D eigenvalue weighted by Gasteiger charge is 2.20. The lowest BCUT2D eigenvalue weighted by Crippen LogP contribution is -2.28. The van der Waals surface area contributed by atoms with E-state index in [0.717, 1.165) is 30.5 Å². The Bertz CT molecular complexity index is 1030. The monoisotopic (exact) mass is 427 g/mol. The first-order valence-corrected chi connectivity index (χ1v) is 10.2. The molecule has 0 radical (unpaired) electrons. The van der Waals surface area contributed by atoms with E-state index < -0.39 is 5.82 Å². The zero-order valence-electron chi connectivity index (χ0n) is 17.3. The number of hydrogen-bond acceptors (Lipinski definition) is 5. The van der Waals surface area contributed by atoms with Crippen molar-refractivity contribution in [2.75, 3.05) is 25.0 Å². The molecule has 3 heterocycles. The third kappa shape index (κ3) is 5.85. The van der Waals surface area contributed by atoms with E-state index in [2.05, 4.69) is 25.4 Å². The van der Waals surface area contributed by atoms with Gasteiger partial charge in [-0.2, -0.15) is 5.10 Å². The molecule has 1 fully saturated rings. The van der Waals surface area contributed by atoms with Crippen LogP contribution in [0.1, 0.15) is 26.2 Å². The summed E-state index contributed by atoms with van der Waals surface area (Å²) >= 11 is 0. The Morgan fingerprint density at radius 1 is 1.35 bits per heavy atom. The number of H-pyrrole nitrogens is 1. The second-order valence-electron chi connectivity index (χ2n) is 7.65. The summed E-state index contributed by atoms with van der Waals surface area (Å²) in [6.45, 7) is 4.90. The van der Waals surface area contributed by atoms with Crippen molar-refractivity contribution in [3.8, 4) is 11.3 Å². The van der Waals surface area contributed by atoms with Crippen LogP contribution in [-0.2, 0) is 9.59 Å². The first-order chi connectivity index (χ1) is 15.0. The van der Waals surface area contributed by atoms with Gasteiger partial charge in [0.15, 0.2) is 11.6 Å². The average Bonchev–Trinajstić information content (AvgIpc) is 3.38. The minimum atomic E-state index is -0.572. The number of hydrogen-bond donors (Lipinski definition) is 3. The van der Waals surface area contributed by atoms with E-state index in [1.54, 1.807) is 6.20 Å². The number of aromatic nitrogens is 3.